The average Bonchev–Trinajstić information content (AvgIpc) is 2.99. The fraction of sp³-hybridized carbons (Fsp3) is 0.156. The molecule has 0 aliphatic heterocycles. The number of nitrogens with zero attached hydrogens (tertiary/aromatic N) is 2. The minimum Gasteiger partial charge on any atom is -0.462 e. The topological polar surface area (TPSA) is 104 Å². The number of para-hydroxylation sites is 1. The first kappa shape index (κ1) is 27.9. The van der Waals surface area contributed by atoms with Crippen molar-refractivity contribution in [1.29, 1.82) is 0 Å². The summed E-state index contributed by atoms with van der Waals surface area (Å²) in [4.78, 5) is 22.8. The van der Waals surface area contributed by atoms with Crippen molar-refractivity contribution in [2.45, 2.75) is 24.3 Å². The molecule has 9 heteroatoms. The van der Waals surface area contributed by atoms with Crippen LogP contribution < -0.4 is 0 Å². The Morgan fingerprint density at radius 1 is 0.902 bits per heavy atom. The molecule has 208 valence electrons. The summed E-state index contributed by atoms with van der Waals surface area (Å²) in [5.41, 5.74) is 2.83. The van der Waals surface area contributed by atoms with E-state index in [1.807, 2.05) is 67.6 Å². The van der Waals surface area contributed by atoms with Gasteiger partial charge in [0.25, 0.3) is 10.1 Å². The highest BCUT2D eigenvalue weighted by Gasteiger charge is 2.20. The van der Waals surface area contributed by atoms with Crippen LogP contribution in [0.25, 0.3) is 21.7 Å². The second kappa shape index (κ2) is 12.7. The first-order chi connectivity index (χ1) is 19.9. The average molecular weight is 569 g/mol. The Hall–Kier alpha value is -4.60. The van der Waals surface area contributed by atoms with Gasteiger partial charge in [0.2, 0.25) is 0 Å². The smallest absolute Gasteiger partial charge is 0.338 e. The lowest BCUT2D eigenvalue weighted by Gasteiger charge is -2.15. The summed E-state index contributed by atoms with van der Waals surface area (Å²) in [6, 6.07) is 28.9. The van der Waals surface area contributed by atoms with Crippen LogP contribution in [0.2, 0.25) is 0 Å². The first-order valence-electron chi connectivity index (χ1n) is 13.0. The standard InChI is InChI=1S/C32H28N2O6S/c1-23-11-15-30(16-12-23)41(36,37)39-22-29(40-34-21-28-9-4-8-25-10-5-18-33-31(25)28)17-19-38-32(35)27-14-13-24-6-2-3-7-26(24)20-27/h2-16,18,20-21,29H,17,19,22H2,1H3/b34-21+. The van der Waals surface area contributed by atoms with Gasteiger partial charge in [0.05, 0.1) is 28.8 Å². The van der Waals surface area contributed by atoms with Crippen molar-refractivity contribution < 1.29 is 27.0 Å². The van der Waals surface area contributed by atoms with E-state index < -0.39 is 22.2 Å². The van der Waals surface area contributed by atoms with Gasteiger partial charge in [-0.15, -0.1) is 0 Å². The Morgan fingerprint density at radius 2 is 1.66 bits per heavy atom. The largest absolute Gasteiger partial charge is 0.462 e. The van der Waals surface area contributed by atoms with Gasteiger partial charge in [0, 0.05) is 23.6 Å². The molecule has 4 aromatic carbocycles. The molecule has 0 N–H and O–H groups in total. The van der Waals surface area contributed by atoms with Crippen LogP contribution in [0.15, 0.2) is 113 Å². The third-order valence-electron chi connectivity index (χ3n) is 6.44. The molecule has 0 amide bonds. The monoisotopic (exact) mass is 568 g/mol. The fourth-order valence-electron chi connectivity index (χ4n) is 4.19. The number of pyridine rings is 1. The molecular formula is C32H28N2O6S. The van der Waals surface area contributed by atoms with E-state index in [9.17, 15) is 13.2 Å². The maximum atomic E-state index is 12.8. The summed E-state index contributed by atoms with van der Waals surface area (Å²) in [7, 11) is -4.03. The zero-order chi connectivity index (χ0) is 28.7. The number of esters is 1. The summed E-state index contributed by atoms with van der Waals surface area (Å²) >= 11 is 0. The van der Waals surface area contributed by atoms with Gasteiger partial charge in [-0.2, -0.15) is 8.42 Å². The minimum absolute atomic E-state index is 0.0321. The molecule has 1 heterocycles. The van der Waals surface area contributed by atoms with Crippen molar-refractivity contribution >= 4 is 44.0 Å². The molecule has 1 aromatic heterocycles. The third kappa shape index (κ3) is 7.13. The fourth-order valence-corrected chi connectivity index (χ4v) is 5.13. The molecule has 0 aliphatic carbocycles. The van der Waals surface area contributed by atoms with Crippen molar-refractivity contribution in [3.63, 3.8) is 0 Å². The number of carbonyl (C=O) groups is 1. The zero-order valence-corrected chi connectivity index (χ0v) is 23.2. The van der Waals surface area contributed by atoms with Gasteiger partial charge in [-0.3, -0.25) is 9.17 Å². The molecule has 5 rings (SSSR count). The highest BCUT2D eigenvalue weighted by molar-refractivity contribution is 7.86. The number of carbonyl (C=O) groups excluding carboxylic acids is 1. The van der Waals surface area contributed by atoms with Crippen LogP contribution in [0.5, 0.6) is 0 Å². The number of hydrogen-bond acceptors (Lipinski definition) is 8. The van der Waals surface area contributed by atoms with Crippen molar-refractivity contribution in [2.24, 2.45) is 5.16 Å². The summed E-state index contributed by atoms with van der Waals surface area (Å²) in [6.07, 6.45) is 2.53. The molecule has 0 saturated heterocycles. The molecule has 0 bridgehead atoms. The number of aromatic nitrogens is 1. The summed E-state index contributed by atoms with van der Waals surface area (Å²) in [6.45, 7) is 1.51. The number of fused-ring (bicyclic) bond motifs is 2. The molecule has 41 heavy (non-hydrogen) atoms. The second-order valence-corrected chi connectivity index (χ2v) is 11.0. The van der Waals surface area contributed by atoms with Crippen LogP contribution in [0.1, 0.15) is 27.9 Å². The molecule has 0 saturated carbocycles. The molecule has 0 spiro atoms. The van der Waals surface area contributed by atoms with E-state index in [0.29, 0.717) is 5.56 Å². The van der Waals surface area contributed by atoms with Gasteiger partial charge < -0.3 is 9.57 Å². The molecule has 8 nitrogen and oxygen atoms in total. The number of hydrogen-bond donors (Lipinski definition) is 0. The van der Waals surface area contributed by atoms with E-state index in [1.54, 1.807) is 30.5 Å². The molecule has 0 radical (unpaired) electrons. The van der Waals surface area contributed by atoms with E-state index in [0.717, 1.165) is 32.8 Å². The zero-order valence-electron chi connectivity index (χ0n) is 22.3. The van der Waals surface area contributed by atoms with E-state index in [4.69, 9.17) is 13.8 Å². The summed E-state index contributed by atoms with van der Waals surface area (Å²) in [5, 5.41) is 6.98. The molecule has 1 unspecified atom stereocenters. The Labute approximate surface area is 238 Å². The maximum absolute atomic E-state index is 12.8. The Balaban J connectivity index is 1.26. The summed E-state index contributed by atoms with van der Waals surface area (Å²) in [5.74, 6) is -0.493. The number of ether oxygens (including phenoxy) is 1. The predicted molar refractivity (Wildman–Crippen MR) is 157 cm³/mol. The van der Waals surface area contributed by atoms with E-state index in [2.05, 4.69) is 10.1 Å². The van der Waals surface area contributed by atoms with Crippen LogP contribution in [-0.4, -0.2) is 44.9 Å². The minimum atomic E-state index is -4.03. The van der Waals surface area contributed by atoms with Crippen molar-refractivity contribution in [3.8, 4) is 0 Å². The SMILES string of the molecule is Cc1ccc(S(=O)(=O)OCC(CCOC(=O)c2ccc3ccccc3c2)O/N=C/c2cccc3cccnc23)cc1. The lowest BCUT2D eigenvalue weighted by Crippen LogP contribution is -2.23. The number of benzene rings is 4. The Kier molecular flexibility index (Phi) is 8.67. The van der Waals surface area contributed by atoms with Crippen LogP contribution in [0, 0.1) is 6.92 Å². The quantitative estimate of drug-likeness (QED) is 0.0825. The van der Waals surface area contributed by atoms with Gasteiger partial charge in [-0.25, -0.2) is 4.79 Å². The first-order valence-corrected chi connectivity index (χ1v) is 14.4. The molecule has 5 aromatic rings. The van der Waals surface area contributed by atoms with E-state index in [1.165, 1.54) is 18.3 Å². The third-order valence-corrected chi connectivity index (χ3v) is 7.74. The van der Waals surface area contributed by atoms with Crippen molar-refractivity contribution in [2.75, 3.05) is 13.2 Å². The van der Waals surface area contributed by atoms with Crippen LogP contribution in [0.3, 0.4) is 0 Å². The van der Waals surface area contributed by atoms with Gasteiger partial charge in [0.1, 0.15) is 6.61 Å². The molecular weight excluding hydrogens is 540 g/mol. The molecule has 0 fully saturated rings. The highest BCUT2D eigenvalue weighted by Crippen LogP contribution is 2.18. The van der Waals surface area contributed by atoms with Crippen LogP contribution in [0.4, 0.5) is 0 Å². The predicted octanol–water partition coefficient (Wildman–Crippen LogP) is 6.07. The molecule has 1 atom stereocenters. The normalized spacial score (nSPS) is 12.5. The second-order valence-electron chi connectivity index (χ2n) is 9.42. The van der Waals surface area contributed by atoms with Gasteiger partial charge in [-0.05, 0) is 48.0 Å². The summed E-state index contributed by atoms with van der Waals surface area (Å²) < 4.78 is 36.3. The van der Waals surface area contributed by atoms with Gasteiger partial charge in [-0.1, -0.05) is 77.4 Å². The molecule has 0 aliphatic rings. The van der Waals surface area contributed by atoms with Crippen LogP contribution in [-0.2, 0) is 23.9 Å². The number of oxime groups is 1. The van der Waals surface area contributed by atoms with Crippen LogP contribution >= 0.6 is 0 Å². The number of aryl methyl sites for hydroxylation is 1. The number of rotatable bonds is 11. The van der Waals surface area contributed by atoms with Gasteiger partial charge >= 0.3 is 5.97 Å². The van der Waals surface area contributed by atoms with E-state index >= 15 is 0 Å². The van der Waals surface area contributed by atoms with Gasteiger partial charge in [0.15, 0.2) is 6.10 Å². The Morgan fingerprint density at radius 3 is 2.49 bits per heavy atom. The van der Waals surface area contributed by atoms with Crippen molar-refractivity contribution in [1.82, 2.24) is 4.98 Å². The lowest BCUT2D eigenvalue weighted by atomic mass is 10.1. The highest BCUT2D eigenvalue weighted by atomic mass is 32.2. The van der Waals surface area contributed by atoms with E-state index in [-0.39, 0.29) is 24.5 Å². The Bertz CT molecular complexity index is 1800. The van der Waals surface area contributed by atoms with Crippen molar-refractivity contribution in [3.05, 3.63) is 120 Å². The lowest BCUT2D eigenvalue weighted by molar-refractivity contribution is 0.00285. The maximum Gasteiger partial charge on any atom is 0.338 e.